The lowest BCUT2D eigenvalue weighted by Gasteiger charge is -2.10. The van der Waals surface area contributed by atoms with E-state index in [9.17, 15) is 0 Å². The van der Waals surface area contributed by atoms with Crippen LogP contribution in [0, 0.1) is 0 Å². The highest BCUT2D eigenvalue weighted by Crippen LogP contribution is 2.07. The zero-order valence-electron chi connectivity index (χ0n) is 9.89. The van der Waals surface area contributed by atoms with Crippen molar-refractivity contribution >= 4 is 28.7 Å². The Morgan fingerprint density at radius 2 is 1.83 bits per heavy atom. The van der Waals surface area contributed by atoms with Crippen molar-refractivity contribution < 1.29 is 0 Å². The Bertz CT molecular complexity index is 526. The molecule has 0 amide bonds. The van der Waals surface area contributed by atoms with Crippen molar-refractivity contribution in [1.29, 1.82) is 0 Å². The van der Waals surface area contributed by atoms with Crippen molar-refractivity contribution in [3.8, 4) is 0 Å². The second kappa shape index (κ2) is 6.02. The fourth-order valence-corrected chi connectivity index (χ4v) is 1.77. The molecular weight excluding hydrogens is 242 g/mol. The van der Waals surface area contributed by atoms with Gasteiger partial charge in [-0.1, -0.05) is 30.3 Å². The molecule has 0 atom stereocenters. The minimum atomic E-state index is 0.601. The van der Waals surface area contributed by atoms with E-state index < -0.39 is 0 Å². The molecule has 0 saturated heterocycles. The monoisotopic (exact) mass is 257 g/mol. The van der Waals surface area contributed by atoms with E-state index in [0.717, 1.165) is 16.9 Å². The lowest BCUT2D eigenvalue weighted by molar-refractivity contribution is 0.926. The van der Waals surface area contributed by atoms with Gasteiger partial charge < -0.3 is 16.4 Å². The van der Waals surface area contributed by atoms with Crippen molar-refractivity contribution in [2.45, 2.75) is 6.54 Å². The molecule has 2 rings (SSSR count). The lowest BCUT2D eigenvalue weighted by Crippen LogP contribution is -2.27. The molecule has 0 spiro atoms. The van der Waals surface area contributed by atoms with Gasteiger partial charge in [0.05, 0.1) is 0 Å². The van der Waals surface area contributed by atoms with Crippen LogP contribution in [0.3, 0.4) is 0 Å². The molecule has 0 heterocycles. The van der Waals surface area contributed by atoms with E-state index in [4.69, 9.17) is 18.0 Å². The number of anilines is 2. The van der Waals surface area contributed by atoms with Gasteiger partial charge in [-0.25, -0.2) is 0 Å². The summed E-state index contributed by atoms with van der Waals surface area (Å²) in [6.07, 6.45) is 0. The molecule has 0 aliphatic carbocycles. The molecule has 92 valence electrons. The first-order valence-corrected chi connectivity index (χ1v) is 6.09. The third kappa shape index (κ3) is 3.75. The van der Waals surface area contributed by atoms with Crippen LogP contribution in [0.15, 0.2) is 54.6 Å². The molecule has 0 aliphatic heterocycles. The van der Waals surface area contributed by atoms with E-state index in [1.54, 1.807) is 0 Å². The van der Waals surface area contributed by atoms with E-state index >= 15 is 0 Å². The maximum absolute atomic E-state index is 5.71. The molecule has 0 saturated carbocycles. The van der Waals surface area contributed by atoms with Gasteiger partial charge in [0.1, 0.15) is 0 Å². The Morgan fingerprint density at radius 3 is 2.56 bits per heavy atom. The molecule has 0 bridgehead atoms. The predicted molar refractivity (Wildman–Crippen MR) is 80.4 cm³/mol. The van der Waals surface area contributed by atoms with Crippen LogP contribution in [-0.2, 0) is 6.54 Å². The summed E-state index contributed by atoms with van der Waals surface area (Å²) in [7, 11) is 0. The van der Waals surface area contributed by atoms with Gasteiger partial charge in [0, 0.05) is 17.9 Å². The van der Waals surface area contributed by atoms with E-state index in [1.165, 1.54) is 0 Å². The van der Waals surface area contributed by atoms with Crippen molar-refractivity contribution in [2.24, 2.45) is 0 Å². The van der Waals surface area contributed by atoms with Crippen LogP contribution in [0.1, 0.15) is 5.56 Å². The summed E-state index contributed by atoms with van der Waals surface area (Å²) >= 11 is 5.21. The van der Waals surface area contributed by atoms with Crippen molar-refractivity contribution in [1.82, 2.24) is 5.32 Å². The SMILES string of the molecule is Nc1cccc(CNC(=S)Nc2ccccc2)c1. The Morgan fingerprint density at radius 1 is 1.06 bits per heavy atom. The highest BCUT2D eigenvalue weighted by molar-refractivity contribution is 7.80. The van der Waals surface area contributed by atoms with Crippen LogP contribution in [0.4, 0.5) is 11.4 Å². The summed E-state index contributed by atoms with van der Waals surface area (Å²) in [5.74, 6) is 0. The molecule has 0 aliphatic rings. The zero-order valence-corrected chi connectivity index (χ0v) is 10.7. The number of benzene rings is 2. The Balaban J connectivity index is 1.85. The van der Waals surface area contributed by atoms with Crippen LogP contribution in [0.2, 0.25) is 0 Å². The molecule has 0 radical (unpaired) electrons. The Labute approximate surface area is 112 Å². The van der Waals surface area contributed by atoms with E-state index in [1.807, 2.05) is 54.6 Å². The van der Waals surface area contributed by atoms with Gasteiger partial charge in [-0.15, -0.1) is 0 Å². The van der Waals surface area contributed by atoms with Gasteiger partial charge in [0.2, 0.25) is 0 Å². The van der Waals surface area contributed by atoms with Gasteiger partial charge in [-0.05, 0) is 42.0 Å². The third-order valence-electron chi connectivity index (χ3n) is 2.44. The van der Waals surface area contributed by atoms with Gasteiger partial charge in [0.25, 0.3) is 0 Å². The number of rotatable bonds is 3. The number of hydrogen-bond donors (Lipinski definition) is 3. The summed E-state index contributed by atoms with van der Waals surface area (Å²) in [6.45, 7) is 0.656. The summed E-state index contributed by atoms with van der Waals surface area (Å²) in [4.78, 5) is 0. The number of thiocarbonyl (C=S) groups is 1. The summed E-state index contributed by atoms with van der Waals surface area (Å²) in [5.41, 5.74) is 8.55. The van der Waals surface area contributed by atoms with Crippen LogP contribution in [-0.4, -0.2) is 5.11 Å². The largest absolute Gasteiger partial charge is 0.399 e. The van der Waals surface area contributed by atoms with E-state index in [-0.39, 0.29) is 0 Å². The maximum atomic E-state index is 5.71. The van der Waals surface area contributed by atoms with E-state index in [2.05, 4.69) is 10.6 Å². The van der Waals surface area contributed by atoms with Crippen LogP contribution in [0.5, 0.6) is 0 Å². The average molecular weight is 257 g/mol. The molecule has 3 nitrogen and oxygen atoms in total. The minimum Gasteiger partial charge on any atom is -0.399 e. The number of nitrogens with one attached hydrogen (secondary N) is 2. The molecule has 4 heteroatoms. The molecular formula is C14H15N3S. The van der Waals surface area contributed by atoms with Crippen molar-refractivity contribution in [2.75, 3.05) is 11.1 Å². The fraction of sp³-hybridized carbons (Fsp3) is 0.0714. The summed E-state index contributed by atoms with van der Waals surface area (Å²) in [5, 5.41) is 6.86. The number of hydrogen-bond acceptors (Lipinski definition) is 2. The number of nitrogens with two attached hydrogens (primary N) is 1. The molecule has 4 N–H and O–H groups in total. The van der Waals surface area contributed by atoms with Gasteiger partial charge >= 0.3 is 0 Å². The maximum Gasteiger partial charge on any atom is 0.171 e. The zero-order chi connectivity index (χ0) is 12.8. The highest BCUT2D eigenvalue weighted by atomic mass is 32.1. The molecule has 2 aromatic carbocycles. The Hall–Kier alpha value is -2.07. The smallest absolute Gasteiger partial charge is 0.171 e. The Kier molecular flexibility index (Phi) is 4.15. The van der Waals surface area contributed by atoms with E-state index in [0.29, 0.717) is 11.7 Å². The van der Waals surface area contributed by atoms with Crippen LogP contribution < -0.4 is 16.4 Å². The fourth-order valence-electron chi connectivity index (χ4n) is 1.58. The van der Waals surface area contributed by atoms with Gasteiger partial charge in [-0.3, -0.25) is 0 Å². The summed E-state index contributed by atoms with van der Waals surface area (Å²) in [6, 6.07) is 17.6. The predicted octanol–water partition coefficient (Wildman–Crippen LogP) is 2.76. The minimum absolute atomic E-state index is 0.601. The molecule has 18 heavy (non-hydrogen) atoms. The highest BCUT2D eigenvalue weighted by Gasteiger charge is 1.97. The van der Waals surface area contributed by atoms with Crippen molar-refractivity contribution in [3.05, 3.63) is 60.2 Å². The molecule has 0 unspecified atom stereocenters. The molecule has 0 aromatic heterocycles. The lowest BCUT2D eigenvalue weighted by atomic mass is 10.2. The van der Waals surface area contributed by atoms with Crippen LogP contribution in [0.25, 0.3) is 0 Å². The quantitative estimate of drug-likeness (QED) is 0.584. The first-order chi connectivity index (χ1) is 8.74. The first-order valence-electron chi connectivity index (χ1n) is 5.68. The number of nitrogen functional groups attached to an aromatic ring is 1. The average Bonchev–Trinajstić information content (AvgIpc) is 2.38. The topological polar surface area (TPSA) is 50.1 Å². The molecule has 2 aromatic rings. The second-order valence-electron chi connectivity index (χ2n) is 3.92. The first kappa shape index (κ1) is 12.4. The van der Waals surface area contributed by atoms with Crippen molar-refractivity contribution in [3.63, 3.8) is 0 Å². The second-order valence-corrected chi connectivity index (χ2v) is 4.33. The standard InChI is InChI=1S/C14H15N3S/c15-12-6-4-5-11(9-12)10-16-14(18)17-13-7-2-1-3-8-13/h1-9H,10,15H2,(H2,16,17,18). The van der Waals surface area contributed by atoms with Gasteiger partial charge in [-0.2, -0.15) is 0 Å². The van der Waals surface area contributed by atoms with Gasteiger partial charge in [0.15, 0.2) is 5.11 Å². The number of para-hydroxylation sites is 1. The third-order valence-corrected chi connectivity index (χ3v) is 2.68. The normalized spacial score (nSPS) is 9.78. The van der Waals surface area contributed by atoms with Crippen LogP contribution >= 0.6 is 12.2 Å². The summed E-state index contributed by atoms with van der Waals surface area (Å²) < 4.78 is 0. The molecule has 0 fully saturated rings.